The summed E-state index contributed by atoms with van der Waals surface area (Å²) >= 11 is 0. The molecule has 6 nitrogen and oxygen atoms in total. The fraction of sp³-hybridized carbons (Fsp3) is 0.273. The van der Waals surface area contributed by atoms with E-state index in [0.717, 1.165) is 22.2 Å². The monoisotopic (exact) mass is 380 g/mol. The van der Waals surface area contributed by atoms with E-state index in [-0.39, 0.29) is 12.3 Å². The molecule has 3 rings (SSSR count). The van der Waals surface area contributed by atoms with Crippen LogP contribution in [0, 0.1) is 0 Å². The summed E-state index contributed by atoms with van der Waals surface area (Å²) in [5.74, 6) is 0.122. The molecule has 0 bridgehead atoms. The molecule has 0 saturated heterocycles. The average Bonchev–Trinajstić information content (AvgIpc) is 3.13. The number of hydrogen-bond acceptors (Lipinski definition) is 4. The lowest BCUT2D eigenvalue weighted by atomic mass is 10.2. The van der Waals surface area contributed by atoms with Crippen LogP contribution >= 0.6 is 0 Å². The topological polar surface area (TPSA) is 69.6 Å². The smallest absolute Gasteiger partial charge is 0.328 e. The standard InChI is InChI=1S/C22H24N2O4/c1-16(22(26)27-2)23-21(25)11-13-24-12-10-18-8-9-19(14-20(18)24)28-15-17-6-4-3-5-7-17/h3-10,12,14,16H,11,13,15H2,1-2H3,(H,23,25)/t16-/m0/s1. The molecular weight excluding hydrogens is 356 g/mol. The zero-order valence-electron chi connectivity index (χ0n) is 16.1. The van der Waals surface area contributed by atoms with Crippen LogP contribution in [0.3, 0.4) is 0 Å². The molecule has 0 aliphatic heterocycles. The number of rotatable bonds is 8. The van der Waals surface area contributed by atoms with Crippen LogP contribution in [0.2, 0.25) is 0 Å². The quantitative estimate of drug-likeness (QED) is 0.609. The molecule has 1 aromatic heterocycles. The van der Waals surface area contributed by atoms with Gasteiger partial charge in [-0.3, -0.25) is 4.79 Å². The Hall–Kier alpha value is -3.28. The van der Waals surface area contributed by atoms with Gasteiger partial charge in [-0.25, -0.2) is 4.79 Å². The maximum absolute atomic E-state index is 12.1. The van der Waals surface area contributed by atoms with E-state index < -0.39 is 12.0 Å². The van der Waals surface area contributed by atoms with Gasteiger partial charge < -0.3 is 19.4 Å². The van der Waals surface area contributed by atoms with Crippen molar-refractivity contribution < 1.29 is 19.1 Å². The largest absolute Gasteiger partial charge is 0.489 e. The molecule has 6 heteroatoms. The van der Waals surface area contributed by atoms with Gasteiger partial charge in [0.05, 0.1) is 12.6 Å². The maximum Gasteiger partial charge on any atom is 0.328 e. The third-order valence-electron chi connectivity index (χ3n) is 4.51. The molecule has 1 amide bonds. The predicted octanol–water partition coefficient (Wildman–Crippen LogP) is 3.29. The number of carbonyl (C=O) groups excluding carboxylic acids is 2. The summed E-state index contributed by atoms with van der Waals surface area (Å²) in [6, 6.07) is 17.3. The first-order chi connectivity index (χ1) is 13.6. The second-order valence-electron chi connectivity index (χ2n) is 6.57. The lowest BCUT2D eigenvalue weighted by Gasteiger charge is -2.12. The number of aromatic nitrogens is 1. The highest BCUT2D eigenvalue weighted by Crippen LogP contribution is 2.23. The fourth-order valence-corrected chi connectivity index (χ4v) is 2.96. The lowest BCUT2D eigenvalue weighted by molar-refractivity contribution is -0.144. The first kappa shape index (κ1) is 19.5. The summed E-state index contributed by atoms with van der Waals surface area (Å²) in [5, 5.41) is 3.72. The Balaban J connectivity index is 1.62. The summed E-state index contributed by atoms with van der Waals surface area (Å²) < 4.78 is 12.5. The summed E-state index contributed by atoms with van der Waals surface area (Å²) in [4.78, 5) is 23.5. The third kappa shape index (κ3) is 4.91. The zero-order valence-corrected chi connectivity index (χ0v) is 16.1. The van der Waals surface area contributed by atoms with Crippen molar-refractivity contribution in [3.8, 4) is 5.75 Å². The number of esters is 1. The number of nitrogens with one attached hydrogen (secondary N) is 1. The Morgan fingerprint density at radius 3 is 2.64 bits per heavy atom. The normalized spacial score (nSPS) is 11.8. The van der Waals surface area contributed by atoms with Crippen LogP contribution in [-0.2, 0) is 27.5 Å². The van der Waals surface area contributed by atoms with Gasteiger partial charge in [-0.1, -0.05) is 30.3 Å². The van der Waals surface area contributed by atoms with Gasteiger partial charge in [0, 0.05) is 25.2 Å². The van der Waals surface area contributed by atoms with Crippen molar-refractivity contribution in [3.05, 3.63) is 66.4 Å². The van der Waals surface area contributed by atoms with Crippen molar-refractivity contribution in [1.29, 1.82) is 0 Å². The molecule has 1 N–H and O–H groups in total. The van der Waals surface area contributed by atoms with Crippen molar-refractivity contribution in [2.24, 2.45) is 0 Å². The number of fused-ring (bicyclic) bond motifs is 1. The van der Waals surface area contributed by atoms with E-state index in [9.17, 15) is 9.59 Å². The summed E-state index contributed by atoms with van der Waals surface area (Å²) in [7, 11) is 1.30. The zero-order chi connectivity index (χ0) is 19.9. The second-order valence-corrected chi connectivity index (χ2v) is 6.57. The number of methoxy groups -OCH3 is 1. The van der Waals surface area contributed by atoms with Gasteiger partial charge in [0.15, 0.2) is 0 Å². The van der Waals surface area contributed by atoms with Gasteiger partial charge in [-0.05, 0) is 36.1 Å². The van der Waals surface area contributed by atoms with Crippen LogP contribution in [0.25, 0.3) is 10.9 Å². The molecule has 0 aliphatic carbocycles. The van der Waals surface area contributed by atoms with Crippen LogP contribution in [0.5, 0.6) is 5.75 Å². The van der Waals surface area contributed by atoms with Crippen LogP contribution < -0.4 is 10.1 Å². The molecule has 1 atom stereocenters. The number of ether oxygens (including phenoxy) is 2. The molecule has 0 unspecified atom stereocenters. The minimum Gasteiger partial charge on any atom is -0.489 e. The highest BCUT2D eigenvalue weighted by molar-refractivity contribution is 5.84. The molecule has 3 aromatic rings. The van der Waals surface area contributed by atoms with Gasteiger partial charge in [0.1, 0.15) is 18.4 Å². The number of aryl methyl sites for hydroxylation is 1. The molecule has 2 aromatic carbocycles. The third-order valence-corrected chi connectivity index (χ3v) is 4.51. The molecule has 0 radical (unpaired) electrons. The number of benzene rings is 2. The number of amides is 1. The lowest BCUT2D eigenvalue weighted by Crippen LogP contribution is -2.39. The van der Waals surface area contributed by atoms with E-state index in [0.29, 0.717) is 13.2 Å². The second kappa shape index (κ2) is 9.08. The number of hydrogen-bond donors (Lipinski definition) is 1. The van der Waals surface area contributed by atoms with Crippen molar-refractivity contribution in [2.75, 3.05) is 7.11 Å². The molecule has 0 spiro atoms. The first-order valence-corrected chi connectivity index (χ1v) is 9.19. The van der Waals surface area contributed by atoms with Gasteiger partial charge in [-0.2, -0.15) is 0 Å². The summed E-state index contributed by atoms with van der Waals surface area (Å²) in [5.41, 5.74) is 2.11. The van der Waals surface area contributed by atoms with Gasteiger partial charge in [-0.15, -0.1) is 0 Å². The van der Waals surface area contributed by atoms with Gasteiger partial charge in [0.2, 0.25) is 5.91 Å². The van der Waals surface area contributed by atoms with Crippen LogP contribution in [0.1, 0.15) is 18.9 Å². The molecule has 1 heterocycles. The number of carbonyl (C=O) groups is 2. The highest BCUT2D eigenvalue weighted by Gasteiger charge is 2.15. The first-order valence-electron chi connectivity index (χ1n) is 9.19. The Labute approximate surface area is 164 Å². The summed E-state index contributed by atoms with van der Waals surface area (Å²) in [6.45, 7) is 2.61. The number of nitrogens with zero attached hydrogens (tertiary/aromatic N) is 1. The Kier molecular flexibility index (Phi) is 6.32. The predicted molar refractivity (Wildman–Crippen MR) is 107 cm³/mol. The van der Waals surface area contributed by atoms with E-state index >= 15 is 0 Å². The Morgan fingerprint density at radius 1 is 1.11 bits per heavy atom. The molecular formula is C22H24N2O4. The van der Waals surface area contributed by atoms with Gasteiger partial charge >= 0.3 is 5.97 Å². The van der Waals surface area contributed by atoms with Crippen LogP contribution in [0.4, 0.5) is 0 Å². The van der Waals surface area contributed by atoms with Crippen LogP contribution in [-0.4, -0.2) is 29.6 Å². The van der Waals surface area contributed by atoms with E-state index in [1.54, 1.807) is 6.92 Å². The van der Waals surface area contributed by atoms with Crippen molar-refractivity contribution >= 4 is 22.8 Å². The molecule has 146 valence electrons. The van der Waals surface area contributed by atoms with Gasteiger partial charge in [0.25, 0.3) is 0 Å². The summed E-state index contributed by atoms with van der Waals surface area (Å²) in [6.07, 6.45) is 2.21. The van der Waals surface area contributed by atoms with Crippen molar-refractivity contribution in [3.63, 3.8) is 0 Å². The SMILES string of the molecule is COC(=O)[C@H](C)NC(=O)CCn1ccc2ccc(OCc3ccccc3)cc21. The Morgan fingerprint density at radius 2 is 1.89 bits per heavy atom. The Bertz CT molecular complexity index is 950. The molecule has 0 aliphatic rings. The van der Waals surface area contributed by atoms with E-state index in [1.165, 1.54) is 7.11 Å². The van der Waals surface area contributed by atoms with E-state index in [2.05, 4.69) is 10.1 Å². The van der Waals surface area contributed by atoms with E-state index in [1.807, 2.05) is 65.4 Å². The maximum atomic E-state index is 12.1. The van der Waals surface area contributed by atoms with Crippen molar-refractivity contribution in [1.82, 2.24) is 9.88 Å². The average molecular weight is 380 g/mol. The molecule has 0 saturated carbocycles. The fourth-order valence-electron chi connectivity index (χ4n) is 2.96. The van der Waals surface area contributed by atoms with Crippen molar-refractivity contribution in [2.45, 2.75) is 32.5 Å². The highest BCUT2D eigenvalue weighted by atomic mass is 16.5. The molecule has 0 fully saturated rings. The minimum atomic E-state index is -0.656. The molecule has 28 heavy (non-hydrogen) atoms. The van der Waals surface area contributed by atoms with E-state index in [4.69, 9.17) is 4.74 Å². The van der Waals surface area contributed by atoms with Crippen LogP contribution in [0.15, 0.2) is 60.8 Å². The minimum absolute atomic E-state index is 0.198.